The molecule has 0 aromatic heterocycles. The summed E-state index contributed by atoms with van der Waals surface area (Å²) in [5.74, 6) is -1.87. The van der Waals surface area contributed by atoms with Gasteiger partial charge < -0.3 is 14.2 Å². The molecule has 0 N–H and O–H groups in total. The fraction of sp³-hybridized carbons (Fsp3) is 0.375. The molecule has 34 heavy (non-hydrogen) atoms. The van der Waals surface area contributed by atoms with E-state index in [2.05, 4.69) is 0 Å². The zero-order chi connectivity index (χ0) is 24.6. The number of hydrogen-bond donors (Lipinski definition) is 0. The number of sulfonamides is 1. The maximum absolute atomic E-state index is 12.9. The topological polar surface area (TPSA) is 116 Å². The number of hydrogen-bond acceptors (Lipinski definition) is 8. The first-order valence-electron chi connectivity index (χ1n) is 11.0. The largest absolute Gasteiger partial charge is 0.462 e. The summed E-state index contributed by atoms with van der Waals surface area (Å²) in [6.07, 6.45) is 0.644. The van der Waals surface area contributed by atoms with Crippen LogP contribution in [0.5, 0.6) is 0 Å². The van der Waals surface area contributed by atoms with Gasteiger partial charge in [0.05, 0.1) is 28.5 Å². The normalized spacial score (nSPS) is 14.9. The van der Waals surface area contributed by atoms with Crippen LogP contribution in [0.1, 0.15) is 40.5 Å². The average Bonchev–Trinajstić information content (AvgIpc) is 2.87. The van der Waals surface area contributed by atoms with Gasteiger partial charge in [0.1, 0.15) is 13.2 Å². The third-order valence-electron chi connectivity index (χ3n) is 5.36. The smallest absolute Gasteiger partial charge is 0.338 e. The van der Waals surface area contributed by atoms with Crippen LogP contribution < -0.4 is 0 Å². The van der Waals surface area contributed by atoms with Crippen molar-refractivity contribution in [1.29, 1.82) is 0 Å². The highest BCUT2D eigenvalue weighted by molar-refractivity contribution is 7.89. The zero-order valence-corrected chi connectivity index (χ0v) is 19.7. The lowest BCUT2D eigenvalue weighted by Gasteiger charge is -2.30. The van der Waals surface area contributed by atoms with Crippen molar-refractivity contribution < 1.29 is 37.0 Å². The van der Waals surface area contributed by atoms with Crippen LogP contribution in [0.25, 0.3) is 0 Å². The Balaban J connectivity index is 1.44. The highest BCUT2D eigenvalue weighted by Crippen LogP contribution is 2.25. The first kappa shape index (κ1) is 25.4. The van der Waals surface area contributed by atoms with E-state index in [9.17, 15) is 22.8 Å². The molecule has 1 aliphatic heterocycles. The Hall–Kier alpha value is -3.24. The summed E-state index contributed by atoms with van der Waals surface area (Å²) < 4.78 is 42.3. The van der Waals surface area contributed by atoms with Gasteiger partial charge in [0.15, 0.2) is 0 Å². The summed E-state index contributed by atoms with van der Waals surface area (Å²) in [4.78, 5) is 36.0. The minimum atomic E-state index is -3.75. The van der Waals surface area contributed by atoms with Crippen LogP contribution in [-0.2, 0) is 29.0 Å². The lowest BCUT2D eigenvalue weighted by Crippen LogP contribution is -2.40. The summed E-state index contributed by atoms with van der Waals surface area (Å²) in [7, 11) is -3.75. The predicted octanol–water partition coefficient (Wildman–Crippen LogP) is 2.66. The Morgan fingerprint density at radius 3 is 2.00 bits per heavy atom. The summed E-state index contributed by atoms with van der Waals surface area (Å²) in [6, 6.07) is 14.1. The molecule has 2 aromatic rings. The Morgan fingerprint density at radius 2 is 1.38 bits per heavy atom. The van der Waals surface area contributed by atoms with Gasteiger partial charge >= 0.3 is 17.9 Å². The van der Waals surface area contributed by atoms with Crippen molar-refractivity contribution in [1.82, 2.24) is 4.31 Å². The number of carbonyl (C=O) groups is 3. The number of nitrogens with zero attached hydrogens (tertiary/aromatic N) is 1. The fourth-order valence-corrected chi connectivity index (χ4v) is 4.98. The molecule has 3 rings (SSSR count). The lowest BCUT2D eigenvalue weighted by molar-refractivity contribution is -0.150. The van der Waals surface area contributed by atoms with Gasteiger partial charge in [-0.2, -0.15) is 4.31 Å². The van der Waals surface area contributed by atoms with E-state index in [1.165, 1.54) is 28.6 Å². The monoisotopic (exact) mass is 489 g/mol. The summed E-state index contributed by atoms with van der Waals surface area (Å²) >= 11 is 0. The Labute approximate surface area is 198 Å². The summed E-state index contributed by atoms with van der Waals surface area (Å²) in [5.41, 5.74) is 0.689. The Morgan fingerprint density at radius 1 is 0.824 bits per heavy atom. The van der Waals surface area contributed by atoms with Gasteiger partial charge in [-0.15, -0.1) is 0 Å². The zero-order valence-electron chi connectivity index (χ0n) is 18.8. The minimum absolute atomic E-state index is 0.0610. The first-order chi connectivity index (χ1) is 16.3. The third kappa shape index (κ3) is 6.42. The highest BCUT2D eigenvalue weighted by atomic mass is 32.2. The van der Waals surface area contributed by atoms with Gasteiger partial charge in [-0.1, -0.05) is 18.2 Å². The van der Waals surface area contributed by atoms with E-state index in [-0.39, 0.29) is 43.4 Å². The molecule has 10 heteroatoms. The lowest BCUT2D eigenvalue weighted by atomic mass is 9.98. The van der Waals surface area contributed by atoms with Crippen molar-refractivity contribution in [3.63, 3.8) is 0 Å². The van der Waals surface area contributed by atoms with E-state index in [1.54, 1.807) is 37.3 Å². The standard InChI is InChI=1S/C24H27NO8S/c1-2-31-22(26)19-8-10-21(11-9-19)34(29,30)25-14-12-20(13-15-25)24(28)33-17-16-32-23(27)18-6-4-3-5-7-18/h3-11,20H,2,12-17H2,1H3. The molecular formula is C24H27NO8S. The molecule has 1 fully saturated rings. The van der Waals surface area contributed by atoms with Crippen LogP contribution in [-0.4, -0.2) is 63.5 Å². The van der Waals surface area contributed by atoms with E-state index in [0.717, 1.165) is 0 Å². The van der Waals surface area contributed by atoms with Gasteiger partial charge in [-0.25, -0.2) is 18.0 Å². The molecule has 1 aliphatic rings. The molecule has 9 nitrogen and oxygen atoms in total. The number of carbonyl (C=O) groups excluding carboxylic acids is 3. The molecular weight excluding hydrogens is 462 g/mol. The molecule has 0 bridgehead atoms. The molecule has 0 aliphatic carbocycles. The van der Waals surface area contributed by atoms with Crippen LogP contribution >= 0.6 is 0 Å². The van der Waals surface area contributed by atoms with Crippen LogP contribution in [0, 0.1) is 5.92 Å². The van der Waals surface area contributed by atoms with Gasteiger partial charge in [0.25, 0.3) is 0 Å². The number of piperidine rings is 1. The quantitative estimate of drug-likeness (QED) is 0.300. The highest BCUT2D eigenvalue weighted by Gasteiger charge is 2.33. The van der Waals surface area contributed by atoms with Gasteiger partial charge in [-0.3, -0.25) is 4.79 Å². The van der Waals surface area contributed by atoms with Crippen molar-refractivity contribution in [3.05, 3.63) is 65.7 Å². The van der Waals surface area contributed by atoms with Crippen LogP contribution in [0.3, 0.4) is 0 Å². The molecule has 0 radical (unpaired) electrons. The average molecular weight is 490 g/mol. The number of ether oxygens (including phenoxy) is 3. The van der Waals surface area contributed by atoms with E-state index in [4.69, 9.17) is 14.2 Å². The van der Waals surface area contributed by atoms with Gasteiger partial charge in [0, 0.05) is 13.1 Å². The SMILES string of the molecule is CCOC(=O)c1ccc(S(=O)(=O)N2CCC(C(=O)OCCOC(=O)c3ccccc3)CC2)cc1. The second-order valence-electron chi connectivity index (χ2n) is 7.59. The maximum atomic E-state index is 12.9. The molecule has 0 spiro atoms. The predicted molar refractivity (Wildman–Crippen MR) is 122 cm³/mol. The van der Waals surface area contributed by atoms with Crippen molar-refractivity contribution in [2.45, 2.75) is 24.7 Å². The van der Waals surface area contributed by atoms with Gasteiger partial charge in [0.2, 0.25) is 10.0 Å². The Bertz CT molecular complexity index is 1090. The van der Waals surface area contributed by atoms with E-state index in [0.29, 0.717) is 18.4 Å². The van der Waals surface area contributed by atoms with E-state index >= 15 is 0 Å². The van der Waals surface area contributed by atoms with Crippen LogP contribution in [0.4, 0.5) is 0 Å². The number of benzene rings is 2. The molecule has 0 saturated carbocycles. The van der Waals surface area contributed by atoms with Crippen LogP contribution in [0.15, 0.2) is 59.5 Å². The van der Waals surface area contributed by atoms with E-state index in [1.807, 2.05) is 0 Å². The number of rotatable bonds is 9. The second kappa shape index (κ2) is 11.8. The van der Waals surface area contributed by atoms with E-state index < -0.39 is 33.8 Å². The molecule has 2 aromatic carbocycles. The Kier molecular flexibility index (Phi) is 8.78. The van der Waals surface area contributed by atoms with Crippen molar-refractivity contribution in [2.75, 3.05) is 32.9 Å². The first-order valence-corrected chi connectivity index (χ1v) is 12.4. The van der Waals surface area contributed by atoms with Crippen LogP contribution in [0.2, 0.25) is 0 Å². The third-order valence-corrected chi connectivity index (χ3v) is 7.27. The maximum Gasteiger partial charge on any atom is 0.338 e. The molecule has 0 atom stereocenters. The minimum Gasteiger partial charge on any atom is -0.462 e. The number of esters is 3. The second-order valence-corrected chi connectivity index (χ2v) is 9.53. The van der Waals surface area contributed by atoms with Gasteiger partial charge in [-0.05, 0) is 56.2 Å². The fourth-order valence-electron chi connectivity index (χ4n) is 3.51. The molecule has 182 valence electrons. The molecule has 1 saturated heterocycles. The van der Waals surface area contributed by atoms with Crippen molar-refractivity contribution in [2.24, 2.45) is 5.92 Å². The summed E-state index contributed by atoms with van der Waals surface area (Å²) in [6.45, 7) is 2.14. The van der Waals surface area contributed by atoms with Crippen molar-refractivity contribution in [3.8, 4) is 0 Å². The molecule has 1 heterocycles. The molecule has 0 unspecified atom stereocenters. The summed E-state index contributed by atoms with van der Waals surface area (Å²) in [5, 5.41) is 0. The molecule has 0 amide bonds. The van der Waals surface area contributed by atoms with Crippen molar-refractivity contribution >= 4 is 27.9 Å².